The largest absolute Gasteiger partial charge is 0.393 e. The Labute approximate surface area is 73.6 Å². The summed E-state index contributed by atoms with van der Waals surface area (Å²) in [6.45, 7) is 0. The van der Waals surface area contributed by atoms with Gasteiger partial charge in [-0.3, -0.25) is 0 Å². The van der Waals surface area contributed by atoms with Crippen molar-refractivity contribution in [1.82, 2.24) is 0 Å². The van der Waals surface area contributed by atoms with Crippen LogP contribution in [0.25, 0.3) is 0 Å². The first-order valence-corrected chi connectivity index (χ1v) is 5.15. The van der Waals surface area contributed by atoms with Gasteiger partial charge in [0, 0.05) is 5.92 Å². The highest BCUT2D eigenvalue weighted by Crippen LogP contribution is 2.40. The molecule has 2 aliphatic rings. The molecular weight excluding hydrogens is 152 g/mol. The molecular formula is C10H18O2. The fourth-order valence-electron chi connectivity index (χ4n) is 2.98. The van der Waals surface area contributed by atoms with E-state index in [2.05, 4.69) is 0 Å². The smallest absolute Gasteiger partial charge is 0.0595 e. The van der Waals surface area contributed by atoms with E-state index in [0.29, 0.717) is 5.92 Å². The van der Waals surface area contributed by atoms with Crippen LogP contribution >= 0.6 is 0 Å². The number of hydrogen-bond donors (Lipinski definition) is 2. The van der Waals surface area contributed by atoms with E-state index in [4.69, 9.17) is 0 Å². The summed E-state index contributed by atoms with van der Waals surface area (Å²) >= 11 is 0. The van der Waals surface area contributed by atoms with Crippen molar-refractivity contribution in [3.05, 3.63) is 0 Å². The molecule has 4 atom stereocenters. The average Bonchev–Trinajstić information content (AvgIpc) is 2.04. The van der Waals surface area contributed by atoms with Gasteiger partial charge in [-0.05, 0) is 31.6 Å². The Hall–Kier alpha value is -0.0800. The van der Waals surface area contributed by atoms with Crippen LogP contribution < -0.4 is 0 Å². The Morgan fingerprint density at radius 3 is 1.67 bits per heavy atom. The molecule has 0 bridgehead atoms. The van der Waals surface area contributed by atoms with Crippen LogP contribution in [0.3, 0.4) is 0 Å². The fourth-order valence-corrected chi connectivity index (χ4v) is 2.98. The zero-order chi connectivity index (χ0) is 8.55. The zero-order valence-corrected chi connectivity index (χ0v) is 7.45. The molecule has 2 N–H and O–H groups in total. The molecule has 2 heteroatoms. The summed E-state index contributed by atoms with van der Waals surface area (Å²) in [4.78, 5) is 0. The number of aliphatic hydroxyl groups excluding tert-OH is 2. The highest BCUT2D eigenvalue weighted by molar-refractivity contribution is 4.89. The van der Waals surface area contributed by atoms with Crippen LogP contribution in [0.1, 0.15) is 38.5 Å². The van der Waals surface area contributed by atoms with Crippen molar-refractivity contribution < 1.29 is 10.2 Å². The van der Waals surface area contributed by atoms with Crippen LogP contribution in [-0.4, -0.2) is 22.4 Å². The molecule has 0 spiro atoms. The third-order valence-corrected chi connectivity index (χ3v) is 3.58. The SMILES string of the molecule is O[C@@H]1CCCC2CCC[C@H](O)C21. The molecule has 0 amide bonds. The van der Waals surface area contributed by atoms with Crippen molar-refractivity contribution >= 4 is 0 Å². The third kappa shape index (κ3) is 1.38. The van der Waals surface area contributed by atoms with Crippen molar-refractivity contribution in [2.75, 3.05) is 0 Å². The topological polar surface area (TPSA) is 40.5 Å². The Kier molecular flexibility index (Phi) is 2.37. The molecule has 0 aromatic heterocycles. The zero-order valence-electron chi connectivity index (χ0n) is 7.45. The summed E-state index contributed by atoms with van der Waals surface area (Å²) in [6, 6.07) is 0. The minimum atomic E-state index is -0.223. The molecule has 0 saturated heterocycles. The predicted octanol–water partition coefficient (Wildman–Crippen LogP) is 1.31. The van der Waals surface area contributed by atoms with E-state index in [-0.39, 0.29) is 18.1 Å². The standard InChI is InChI=1S/C10H18O2/c11-8-5-1-3-7-4-2-6-9(12)10(7)8/h7-12H,1-6H2/t7?,8-,9+,10?. The van der Waals surface area contributed by atoms with Crippen LogP contribution in [0.15, 0.2) is 0 Å². The summed E-state index contributed by atoms with van der Waals surface area (Å²) in [6.07, 6.45) is 6.09. The molecule has 2 saturated carbocycles. The summed E-state index contributed by atoms with van der Waals surface area (Å²) in [5, 5.41) is 19.4. The van der Waals surface area contributed by atoms with Gasteiger partial charge in [0.1, 0.15) is 0 Å². The van der Waals surface area contributed by atoms with Gasteiger partial charge in [-0.25, -0.2) is 0 Å². The lowest BCUT2D eigenvalue weighted by Crippen LogP contribution is -2.43. The number of aliphatic hydroxyl groups is 2. The predicted molar refractivity (Wildman–Crippen MR) is 46.7 cm³/mol. The van der Waals surface area contributed by atoms with E-state index in [0.717, 1.165) is 25.7 Å². The lowest BCUT2D eigenvalue weighted by atomic mass is 9.68. The van der Waals surface area contributed by atoms with Gasteiger partial charge in [0.15, 0.2) is 0 Å². The molecule has 0 heterocycles. The molecule has 2 fully saturated rings. The van der Waals surface area contributed by atoms with Gasteiger partial charge in [-0.2, -0.15) is 0 Å². The van der Waals surface area contributed by atoms with Crippen LogP contribution in [0, 0.1) is 11.8 Å². The molecule has 2 aliphatic carbocycles. The summed E-state index contributed by atoms with van der Waals surface area (Å²) < 4.78 is 0. The molecule has 2 rings (SSSR count). The Morgan fingerprint density at radius 2 is 1.25 bits per heavy atom. The molecule has 2 nitrogen and oxygen atoms in total. The molecule has 0 radical (unpaired) electrons. The maximum atomic E-state index is 9.71. The van der Waals surface area contributed by atoms with Gasteiger partial charge < -0.3 is 10.2 Å². The number of fused-ring (bicyclic) bond motifs is 1. The Morgan fingerprint density at radius 1 is 0.750 bits per heavy atom. The molecule has 0 aromatic rings. The normalized spacial score (nSPS) is 48.5. The first-order valence-electron chi connectivity index (χ1n) is 5.15. The lowest BCUT2D eigenvalue weighted by molar-refractivity contribution is -0.0669. The molecule has 12 heavy (non-hydrogen) atoms. The van der Waals surface area contributed by atoms with E-state index >= 15 is 0 Å². The second kappa shape index (κ2) is 3.35. The second-order valence-corrected chi connectivity index (χ2v) is 4.33. The molecule has 2 unspecified atom stereocenters. The summed E-state index contributed by atoms with van der Waals surface area (Å²) in [5.41, 5.74) is 0. The Balaban J connectivity index is 2.07. The van der Waals surface area contributed by atoms with Crippen molar-refractivity contribution in [2.24, 2.45) is 11.8 Å². The molecule has 0 aromatic carbocycles. The fraction of sp³-hybridized carbons (Fsp3) is 1.00. The van der Waals surface area contributed by atoms with E-state index in [1.54, 1.807) is 0 Å². The first-order chi connectivity index (χ1) is 5.79. The van der Waals surface area contributed by atoms with Gasteiger partial charge in [0.25, 0.3) is 0 Å². The van der Waals surface area contributed by atoms with Crippen molar-refractivity contribution in [3.8, 4) is 0 Å². The Bertz CT molecular complexity index is 142. The van der Waals surface area contributed by atoms with Crippen LogP contribution in [0.5, 0.6) is 0 Å². The quantitative estimate of drug-likeness (QED) is 0.575. The second-order valence-electron chi connectivity index (χ2n) is 4.33. The van der Waals surface area contributed by atoms with E-state index in [1.807, 2.05) is 0 Å². The maximum absolute atomic E-state index is 9.71. The highest BCUT2D eigenvalue weighted by Gasteiger charge is 2.39. The minimum absolute atomic E-state index is 0.201. The highest BCUT2D eigenvalue weighted by atomic mass is 16.3. The van der Waals surface area contributed by atoms with Gasteiger partial charge in [-0.15, -0.1) is 0 Å². The van der Waals surface area contributed by atoms with Gasteiger partial charge >= 0.3 is 0 Å². The minimum Gasteiger partial charge on any atom is -0.393 e. The van der Waals surface area contributed by atoms with Gasteiger partial charge in [0.2, 0.25) is 0 Å². The average molecular weight is 170 g/mol. The van der Waals surface area contributed by atoms with Crippen LogP contribution in [0.2, 0.25) is 0 Å². The molecule has 70 valence electrons. The lowest BCUT2D eigenvalue weighted by Gasteiger charge is -2.41. The monoisotopic (exact) mass is 170 g/mol. The van der Waals surface area contributed by atoms with Crippen molar-refractivity contribution in [1.29, 1.82) is 0 Å². The van der Waals surface area contributed by atoms with E-state index in [1.165, 1.54) is 12.8 Å². The maximum Gasteiger partial charge on any atom is 0.0595 e. The first kappa shape index (κ1) is 8.52. The number of rotatable bonds is 0. The third-order valence-electron chi connectivity index (χ3n) is 3.58. The summed E-state index contributed by atoms with van der Waals surface area (Å²) in [7, 11) is 0. The summed E-state index contributed by atoms with van der Waals surface area (Å²) in [5.74, 6) is 0.810. The van der Waals surface area contributed by atoms with Crippen LogP contribution in [0.4, 0.5) is 0 Å². The number of hydrogen-bond acceptors (Lipinski definition) is 2. The molecule has 0 aliphatic heterocycles. The van der Waals surface area contributed by atoms with Gasteiger partial charge in [-0.1, -0.05) is 12.8 Å². The van der Waals surface area contributed by atoms with E-state index in [9.17, 15) is 10.2 Å². The van der Waals surface area contributed by atoms with Crippen molar-refractivity contribution in [3.63, 3.8) is 0 Å². The van der Waals surface area contributed by atoms with Crippen LogP contribution in [-0.2, 0) is 0 Å². The van der Waals surface area contributed by atoms with E-state index < -0.39 is 0 Å². The van der Waals surface area contributed by atoms with Crippen molar-refractivity contribution in [2.45, 2.75) is 50.7 Å². The van der Waals surface area contributed by atoms with Gasteiger partial charge in [0.05, 0.1) is 12.2 Å².